The molecule has 0 unspecified atom stereocenters. The van der Waals surface area contributed by atoms with E-state index in [4.69, 9.17) is 23.2 Å². The highest BCUT2D eigenvalue weighted by molar-refractivity contribution is 6.35. The average molecular weight is 449 g/mol. The van der Waals surface area contributed by atoms with E-state index in [1.807, 2.05) is 38.1 Å². The van der Waals surface area contributed by atoms with Gasteiger partial charge in [0, 0.05) is 23.1 Å². The molecule has 0 aliphatic carbocycles. The summed E-state index contributed by atoms with van der Waals surface area (Å²) in [5.74, 6) is -0.238. The number of unbranched alkanes of at least 4 members (excludes halogenated alkanes) is 1. The lowest BCUT2D eigenvalue weighted by Crippen LogP contribution is -2.49. The van der Waals surface area contributed by atoms with Gasteiger partial charge in [-0.25, -0.2) is 0 Å². The Labute approximate surface area is 189 Å². The monoisotopic (exact) mass is 448 g/mol. The third kappa shape index (κ3) is 7.03. The van der Waals surface area contributed by atoms with Crippen molar-refractivity contribution in [2.45, 2.75) is 59.0 Å². The van der Waals surface area contributed by atoms with Crippen molar-refractivity contribution < 1.29 is 9.59 Å². The van der Waals surface area contributed by atoms with Crippen LogP contribution in [-0.2, 0) is 22.6 Å². The van der Waals surface area contributed by atoms with Crippen LogP contribution < -0.4 is 5.32 Å². The number of nitrogens with zero attached hydrogens (tertiary/aromatic N) is 1. The molecule has 2 rings (SSSR count). The first-order valence-corrected chi connectivity index (χ1v) is 11.2. The number of halogens is 2. The molecule has 6 heteroatoms. The maximum atomic E-state index is 13.3. The molecule has 30 heavy (non-hydrogen) atoms. The summed E-state index contributed by atoms with van der Waals surface area (Å²) in [6.07, 6.45) is 2.64. The van der Waals surface area contributed by atoms with E-state index in [1.165, 1.54) is 0 Å². The third-order valence-electron chi connectivity index (χ3n) is 5.01. The number of hydrogen-bond donors (Lipinski definition) is 1. The van der Waals surface area contributed by atoms with E-state index < -0.39 is 6.04 Å². The highest BCUT2D eigenvalue weighted by atomic mass is 35.5. The van der Waals surface area contributed by atoms with Crippen molar-refractivity contribution in [1.29, 1.82) is 0 Å². The number of benzene rings is 2. The van der Waals surface area contributed by atoms with E-state index >= 15 is 0 Å². The Bertz CT molecular complexity index is 870. The van der Waals surface area contributed by atoms with Crippen molar-refractivity contribution in [2.24, 2.45) is 0 Å². The second kappa shape index (κ2) is 12.0. The Balaban J connectivity index is 2.29. The zero-order valence-electron chi connectivity index (χ0n) is 17.9. The molecule has 1 atom stereocenters. The molecule has 4 nitrogen and oxygen atoms in total. The lowest BCUT2D eigenvalue weighted by Gasteiger charge is -2.31. The molecular weight excluding hydrogens is 419 g/mol. The molecule has 2 aromatic rings. The molecule has 0 aromatic heterocycles. The minimum atomic E-state index is -0.564. The molecule has 0 saturated heterocycles. The first-order chi connectivity index (χ1) is 14.3. The summed E-state index contributed by atoms with van der Waals surface area (Å²) in [6, 6.07) is 12.5. The summed E-state index contributed by atoms with van der Waals surface area (Å²) in [6.45, 7) is 6.84. The lowest BCUT2D eigenvalue weighted by atomic mass is 10.1. The number of aryl methyl sites for hydroxylation is 1. The third-order valence-corrected chi connectivity index (χ3v) is 5.60. The molecule has 2 amide bonds. The van der Waals surface area contributed by atoms with Gasteiger partial charge in [-0.15, -0.1) is 0 Å². The molecule has 0 aliphatic rings. The summed E-state index contributed by atoms with van der Waals surface area (Å²) < 4.78 is 0. The van der Waals surface area contributed by atoms with Gasteiger partial charge in [0.25, 0.3) is 0 Å². The van der Waals surface area contributed by atoms with E-state index in [2.05, 4.69) is 12.2 Å². The molecule has 0 heterocycles. The standard InChI is InChI=1S/C24H30Cl2N2O2/c1-4-6-12-27-24(30)22(5-2)28(16-19-10-11-20(25)15-21(19)26)23(29)14-18-9-7-8-17(3)13-18/h7-11,13,15,22H,4-6,12,14,16H2,1-3H3,(H,27,30)/t22-/m0/s1. The Morgan fingerprint density at radius 2 is 1.87 bits per heavy atom. The Hall–Kier alpha value is -2.04. The molecule has 0 radical (unpaired) electrons. The van der Waals surface area contributed by atoms with Crippen molar-refractivity contribution in [3.63, 3.8) is 0 Å². The highest BCUT2D eigenvalue weighted by Gasteiger charge is 2.29. The normalized spacial score (nSPS) is 11.8. The largest absolute Gasteiger partial charge is 0.354 e. The number of nitrogens with one attached hydrogen (secondary N) is 1. The zero-order chi connectivity index (χ0) is 22.1. The first kappa shape index (κ1) is 24.2. The molecule has 1 N–H and O–H groups in total. The molecule has 162 valence electrons. The molecule has 0 spiro atoms. The van der Waals surface area contributed by atoms with Gasteiger partial charge >= 0.3 is 0 Å². The fourth-order valence-electron chi connectivity index (χ4n) is 3.36. The topological polar surface area (TPSA) is 49.4 Å². The number of amides is 2. The number of carbonyl (C=O) groups is 2. The van der Waals surface area contributed by atoms with Crippen LogP contribution in [0, 0.1) is 6.92 Å². The van der Waals surface area contributed by atoms with E-state index in [1.54, 1.807) is 23.1 Å². The SMILES string of the molecule is CCCCNC(=O)[C@H](CC)N(Cc1ccc(Cl)cc1Cl)C(=O)Cc1cccc(C)c1. The van der Waals surface area contributed by atoms with Crippen LogP contribution in [0.2, 0.25) is 10.0 Å². The van der Waals surface area contributed by atoms with Crippen molar-refractivity contribution in [1.82, 2.24) is 10.2 Å². The van der Waals surface area contributed by atoms with Crippen LogP contribution in [0.1, 0.15) is 49.8 Å². The van der Waals surface area contributed by atoms with Crippen LogP contribution >= 0.6 is 23.2 Å². The van der Waals surface area contributed by atoms with Gasteiger partial charge in [-0.05, 0) is 43.0 Å². The van der Waals surface area contributed by atoms with Gasteiger partial charge in [0.1, 0.15) is 6.04 Å². The Morgan fingerprint density at radius 3 is 2.50 bits per heavy atom. The minimum Gasteiger partial charge on any atom is -0.354 e. The van der Waals surface area contributed by atoms with Crippen LogP contribution in [0.4, 0.5) is 0 Å². The van der Waals surface area contributed by atoms with Gasteiger partial charge in [-0.3, -0.25) is 9.59 Å². The Kier molecular flexibility index (Phi) is 9.67. The van der Waals surface area contributed by atoms with Gasteiger partial charge in [0.05, 0.1) is 6.42 Å². The van der Waals surface area contributed by atoms with Crippen molar-refractivity contribution in [2.75, 3.05) is 6.54 Å². The first-order valence-electron chi connectivity index (χ1n) is 10.4. The molecule has 0 bridgehead atoms. The van der Waals surface area contributed by atoms with Crippen LogP contribution in [0.5, 0.6) is 0 Å². The zero-order valence-corrected chi connectivity index (χ0v) is 19.4. The number of hydrogen-bond acceptors (Lipinski definition) is 2. The van der Waals surface area contributed by atoms with Crippen LogP contribution in [0.3, 0.4) is 0 Å². The van der Waals surface area contributed by atoms with Crippen molar-refractivity contribution in [3.8, 4) is 0 Å². The highest BCUT2D eigenvalue weighted by Crippen LogP contribution is 2.24. The summed E-state index contributed by atoms with van der Waals surface area (Å²) in [5, 5.41) is 3.98. The van der Waals surface area contributed by atoms with Gasteiger partial charge in [0.15, 0.2) is 0 Å². The van der Waals surface area contributed by atoms with Crippen molar-refractivity contribution >= 4 is 35.0 Å². The fraction of sp³-hybridized carbons (Fsp3) is 0.417. The summed E-state index contributed by atoms with van der Waals surface area (Å²) in [4.78, 5) is 27.8. The maximum Gasteiger partial charge on any atom is 0.242 e. The summed E-state index contributed by atoms with van der Waals surface area (Å²) >= 11 is 12.4. The minimum absolute atomic E-state index is 0.107. The molecule has 0 saturated carbocycles. The molecular formula is C24H30Cl2N2O2. The molecule has 0 aliphatic heterocycles. The van der Waals surface area contributed by atoms with E-state index in [-0.39, 0.29) is 24.8 Å². The van der Waals surface area contributed by atoms with E-state index in [0.717, 1.165) is 29.5 Å². The smallest absolute Gasteiger partial charge is 0.242 e. The molecule has 0 fully saturated rings. The van der Waals surface area contributed by atoms with Gasteiger partial charge in [0.2, 0.25) is 11.8 Å². The van der Waals surface area contributed by atoms with Crippen molar-refractivity contribution in [3.05, 3.63) is 69.2 Å². The van der Waals surface area contributed by atoms with Gasteiger partial charge in [-0.2, -0.15) is 0 Å². The quantitative estimate of drug-likeness (QED) is 0.483. The second-order valence-electron chi connectivity index (χ2n) is 7.49. The van der Waals surface area contributed by atoms with Crippen LogP contribution in [-0.4, -0.2) is 29.3 Å². The average Bonchev–Trinajstić information content (AvgIpc) is 2.69. The van der Waals surface area contributed by atoms with Gasteiger partial charge < -0.3 is 10.2 Å². The van der Waals surface area contributed by atoms with E-state index in [9.17, 15) is 9.59 Å². The fourth-order valence-corrected chi connectivity index (χ4v) is 3.83. The maximum absolute atomic E-state index is 13.3. The van der Waals surface area contributed by atoms with E-state index in [0.29, 0.717) is 23.0 Å². The summed E-state index contributed by atoms with van der Waals surface area (Å²) in [7, 11) is 0. The Morgan fingerprint density at radius 1 is 1.10 bits per heavy atom. The van der Waals surface area contributed by atoms with Crippen LogP contribution in [0.25, 0.3) is 0 Å². The lowest BCUT2D eigenvalue weighted by molar-refractivity contribution is -0.140. The van der Waals surface area contributed by atoms with Crippen LogP contribution in [0.15, 0.2) is 42.5 Å². The summed E-state index contributed by atoms with van der Waals surface area (Å²) in [5.41, 5.74) is 2.78. The van der Waals surface area contributed by atoms with Gasteiger partial charge in [-0.1, -0.05) is 79.4 Å². The predicted molar refractivity (Wildman–Crippen MR) is 124 cm³/mol. The predicted octanol–water partition coefficient (Wildman–Crippen LogP) is 5.57. The number of rotatable bonds is 10. The number of carbonyl (C=O) groups excluding carboxylic acids is 2. The molecule has 2 aromatic carbocycles. The second-order valence-corrected chi connectivity index (χ2v) is 8.34.